The van der Waals surface area contributed by atoms with Crippen molar-refractivity contribution < 1.29 is 9.18 Å². The van der Waals surface area contributed by atoms with Gasteiger partial charge in [0.1, 0.15) is 24.1 Å². The van der Waals surface area contributed by atoms with Gasteiger partial charge in [-0.2, -0.15) is 0 Å². The fourth-order valence-electron chi connectivity index (χ4n) is 4.41. The average Bonchev–Trinajstić information content (AvgIpc) is 3.24. The number of amides is 2. The minimum Gasteiger partial charge on any atom is -0.354 e. The molecule has 0 bridgehead atoms. The van der Waals surface area contributed by atoms with Crippen LogP contribution in [-0.2, 0) is 0 Å². The number of rotatable bonds is 3. The molecule has 0 radical (unpaired) electrons. The van der Waals surface area contributed by atoms with Gasteiger partial charge in [-0.1, -0.05) is 12.8 Å². The number of aromatic nitrogens is 2. The number of nitrogens with zero attached hydrogens (tertiary/aromatic N) is 5. The number of hydrogen-bond acceptors (Lipinski definition) is 5. The highest BCUT2D eigenvalue weighted by Crippen LogP contribution is 2.25. The van der Waals surface area contributed by atoms with Crippen molar-refractivity contribution in [1.29, 1.82) is 0 Å². The maximum Gasteiger partial charge on any atom is 0.323 e. The molecule has 1 aromatic rings. The Labute approximate surface area is 159 Å². The Morgan fingerprint density at radius 2 is 1.70 bits per heavy atom. The lowest BCUT2D eigenvalue weighted by atomic mass is 10.1. The van der Waals surface area contributed by atoms with Gasteiger partial charge in [0.15, 0.2) is 0 Å². The number of nitrogens with one attached hydrogen (secondary N) is 1. The summed E-state index contributed by atoms with van der Waals surface area (Å²) in [4.78, 5) is 27.5. The Hall–Kier alpha value is -1.96. The molecule has 7 nitrogen and oxygen atoms in total. The maximum absolute atomic E-state index is 13.2. The number of piperidine rings is 1. The molecule has 0 aromatic carbocycles. The normalized spacial score (nSPS) is 23.0. The molecule has 0 spiro atoms. The number of alkyl halides is 1. The molecule has 3 fully saturated rings. The van der Waals surface area contributed by atoms with Gasteiger partial charge in [0.2, 0.25) is 0 Å². The number of halogens is 1. The van der Waals surface area contributed by atoms with E-state index in [2.05, 4.69) is 25.1 Å². The number of carbonyl (C=O) groups is 1. The SMILES string of the molecule is O=C(Nc1cc(N2CCN(C3CCCC3)CC2)ncn1)N1CCC(F)CC1. The third-order valence-electron chi connectivity index (χ3n) is 6.08. The summed E-state index contributed by atoms with van der Waals surface area (Å²) in [5, 5.41) is 2.84. The van der Waals surface area contributed by atoms with E-state index >= 15 is 0 Å². The zero-order valence-corrected chi connectivity index (χ0v) is 15.8. The van der Waals surface area contributed by atoms with Crippen LogP contribution >= 0.6 is 0 Å². The van der Waals surface area contributed by atoms with Crippen molar-refractivity contribution in [2.45, 2.75) is 50.7 Å². The van der Waals surface area contributed by atoms with E-state index in [0.717, 1.165) is 38.0 Å². The first kappa shape index (κ1) is 18.4. The molecule has 3 aliphatic rings. The van der Waals surface area contributed by atoms with Crippen LogP contribution in [0.15, 0.2) is 12.4 Å². The van der Waals surface area contributed by atoms with E-state index in [9.17, 15) is 9.18 Å². The van der Waals surface area contributed by atoms with Crippen LogP contribution in [0.3, 0.4) is 0 Å². The van der Waals surface area contributed by atoms with Gasteiger partial charge in [-0.25, -0.2) is 19.2 Å². The van der Waals surface area contributed by atoms with Crippen molar-refractivity contribution in [1.82, 2.24) is 19.8 Å². The summed E-state index contributed by atoms with van der Waals surface area (Å²) in [6.45, 7) is 4.93. The number of carbonyl (C=O) groups excluding carboxylic acids is 1. The molecule has 8 heteroatoms. The molecular weight excluding hydrogens is 347 g/mol. The fourth-order valence-corrected chi connectivity index (χ4v) is 4.41. The van der Waals surface area contributed by atoms with Crippen molar-refractivity contribution in [3.63, 3.8) is 0 Å². The Kier molecular flexibility index (Phi) is 5.71. The van der Waals surface area contributed by atoms with Gasteiger partial charge in [-0.15, -0.1) is 0 Å². The second-order valence-electron chi connectivity index (χ2n) is 7.81. The average molecular weight is 376 g/mol. The number of anilines is 2. The lowest BCUT2D eigenvalue weighted by Gasteiger charge is -2.38. The molecule has 1 N–H and O–H groups in total. The molecule has 0 atom stereocenters. The van der Waals surface area contributed by atoms with Crippen LogP contribution in [0.2, 0.25) is 0 Å². The van der Waals surface area contributed by atoms with Crippen LogP contribution in [0.4, 0.5) is 20.8 Å². The van der Waals surface area contributed by atoms with Crippen molar-refractivity contribution in [2.24, 2.45) is 0 Å². The van der Waals surface area contributed by atoms with Gasteiger partial charge in [-0.05, 0) is 25.7 Å². The largest absolute Gasteiger partial charge is 0.354 e. The molecule has 2 aliphatic heterocycles. The van der Waals surface area contributed by atoms with E-state index in [-0.39, 0.29) is 6.03 Å². The first-order chi connectivity index (χ1) is 13.2. The number of piperazine rings is 1. The molecule has 1 aromatic heterocycles. The van der Waals surface area contributed by atoms with E-state index in [0.29, 0.717) is 31.7 Å². The van der Waals surface area contributed by atoms with Crippen molar-refractivity contribution in [3.8, 4) is 0 Å². The molecule has 0 unspecified atom stereocenters. The summed E-state index contributed by atoms with van der Waals surface area (Å²) < 4.78 is 13.2. The Morgan fingerprint density at radius 3 is 2.41 bits per heavy atom. The van der Waals surface area contributed by atoms with Crippen LogP contribution in [0, 0.1) is 0 Å². The number of likely N-dealkylation sites (tertiary alicyclic amines) is 1. The van der Waals surface area contributed by atoms with Crippen molar-refractivity contribution >= 4 is 17.7 Å². The zero-order valence-electron chi connectivity index (χ0n) is 15.8. The smallest absolute Gasteiger partial charge is 0.323 e. The molecule has 148 valence electrons. The quantitative estimate of drug-likeness (QED) is 0.878. The fraction of sp³-hybridized carbons (Fsp3) is 0.737. The minimum atomic E-state index is -0.789. The molecule has 1 aliphatic carbocycles. The van der Waals surface area contributed by atoms with E-state index < -0.39 is 6.17 Å². The highest BCUT2D eigenvalue weighted by molar-refractivity contribution is 5.88. The van der Waals surface area contributed by atoms with Gasteiger partial charge in [0.25, 0.3) is 0 Å². The molecule has 27 heavy (non-hydrogen) atoms. The summed E-state index contributed by atoms with van der Waals surface area (Å²) in [6.07, 6.45) is 6.93. The summed E-state index contributed by atoms with van der Waals surface area (Å²) in [5.41, 5.74) is 0. The molecule has 2 saturated heterocycles. The number of urea groups is 1. The highest BCUT2D eigenvalue weighted by atomic mass is 19.1. The first-order valence-electron chi connectivity index (χ1n) is 10.2. The van der Waals surface area contributed by atoms with E-state index in [1.807, 2.05) is 6.07 Å². The van der Waals surface area contributed by atoms with Crippen molar-refractivity contribution in [2.75, 3.05) is 49.5 Å². The van der Waals surface area contributed by atoms with Gasteiger partial charge >= 0.3 is 6.03 Å². The van der Waals surface area contributed by atoms with E-state index in [1.165, 1.54) is 32.0 Å². The van der Waals surface area contributed by atoms with E-state index in [1.54, 1.807) is 4.90 Å². The third kappa shape index (κ3) is 4.48. The van der Waals surface area contributed by atoms with Crippen LogP contribution < -0.4 is 10.2 Å². The summed E-state index contributed by atoms with van der Waals surface area (Å²) >= 11 is 0. The zero-order chi connectivity index (χ0) is 18.6. The molecular formula is C19H29FN6O. The molecule has 4 rings (SSSR count). The van der Waals surface area contributed by atoms with Crippen LogP contribution in [0.1, 0.15) is 38.5 Å². The lowest BCUT2D eigenvalue weighted by molar-refractivity contribution is 0.161. The topological polar surface area (TPSA) is 64.6 Å². The Balaban J connectivity index is 1.32. The van der Waals surface area contributed by atoms with E-state index in [4.69, 9.17) is 0 Å². The Morgan fingerprint density at radius 1 is 1.00 bits per heavy atom. The Bertz CT molecular complexity index is 637. The predicted molar refractivity (Wildman–Crippen MR) is 103 cm³/mol. The van der Waals surface area contributed by atoms with Gasteiger partial charge < -0.3 is 9.80 Å². The second-order valence-corrected chi connectivity index (χ2v) is 7.81. The maximum atomic E-state index is 13.2. The van der Waals surface area contributed by atoms with Gasteiger partial charge in [0, 0.05) is 51.4 Å². The monoisotopic (exact) mass is 376 g/mol. The predicted octanol–water partition coefficient (Wildman–Crippen LogP) is 2.51. The first-order valence-corrected chi connectivity index (χ1v) is 10.2. The van der Waals surface area contributed by atoms with Crippen LogP contribution in [0.5, 0.6) is 0 Å². The molecule has 2 amide bonds. The highest BCUT2D eigenvalue weighted by Gasteiger charge is 2.27. The van der Waals surface area contributed by atoms with Gasteiger partial charge in [-0.3, -0.25) is 10.2 Å². The summed E-state index contributed by atoms with van der Waals surface area (Å²) in [7, 11) is 0. The van der Waals surface area contributed by atoms with Crippen molar-refractivity contribution in [3.05, 3.63) is 12.4 Å². The lowest BCUT2D eigenvalue weighted by Crippen LogP contribution is -2.50. The van der Waals surface area contributed by atoms with Crippen LogP contribution in [0.25, 0.3) is 0 Å². The summed E-state index contributed by atoms with van der Waals surface area (Å²) in [6, 6.07) is 2.39. The minimum absolute atomic E-state index is 0.211. The number of hydrogen-bond donors (Lipinski definition) is 1. The summed E-state index contributed by atoms with van der Waals surface area (Å²) in [5.74, 6) is 1.36. The standard InChI is InChI=1S/C19H29FN6O/c20-15-5-7-26(8-6-15)19(27)23-17-13-18(22-14-21-17)25-11-9-24(10-12-25)16-3-1-2-4-16/h13-16H,1-12H2,(H,21,22,23,27). The van der Waals surface area contributed by atoms with Crippen LogP contribution in [-0.4, -0.2) is 77.3 Å². The third-order valence-corrected chi connectivity index (χ3v) is 6.08. The molecule has 1 saturated carbocycles. The van der Waals surface area contributed by atoms with Gasteiger partial charge in [0.05, 0.1) is 0 Å². The molecule has 3 heterocycles. The second kappa shape index (κ2) is 8.37.